The van der Waals surface area contributed by atoms with Crippen LogP contribution in [0.5, 0.6) is 0 Å². The lowest BCUT2D eigenvalue weighted by Crippen LogP contribution is -2.10. The summed E-state index contributed by atoms with van der Waals surface area (Å²) in [5.41, 5.74) is 10.5. The summed E-state index contributed by atoms with van der Waals surface area (Å²) in [6.07, 6.45) is 0. The first-order valence-electron chi connectivity index (χ1n) is 19.7. The molecular weight excluding hydrogens is 687 g/mol. The Hall–Kier alpha value is -7.48. The van der Waals surface area contributed by atoms with Crippen LogP contribution in [0.2, 0.25) is 0 Å². The van der Waals surface area contributed by atoms with Gasteiger partial charge in [0.05, 0.1) is 0 Å². The summed E-state index contributed by atoms with van der Waals surface area (Å²) < 4.78 is 0. The van der Waals surface area contributed by atoms with Gasteiger partial charge in [0.15, 0.2) is 0 Å². The summed E-state index contributed by atoms with van der Waals surface area (Å²) in [5.74, 6) is 0. The highest BCUT2D eigenvalue weighted by Gasteiger charge is 2.16. The molecule has 0 spiro atoms. The Kier molecular flexibility index (Phi) is 7.89. The standard InChI is InChI=1S/C56H37N/c1-2-11-38(12-3-1)43-15-10-16-48(35-43)57(47-31-25-42(26-32-47)56-37-45-14-5-7-18-50(45)51-19-8-9-20-52(51)56)46-29-23-39(24-30-46)44-22-21-41-28-33-53-49-17-6-4-13-40(49)27-34-54(53)55(41)36-44/h1-37H. The minimum absolute atomic E-state index is 1.10. The highest BCUT2D eigenvalue weighted by Crippen LogP contribution is 2.41. The summed E-state index contributed by atoms with van der Waals surface area (Å²) >= 11 is 0. The predicted octanol–water partition coefficient (Wildman–Crippen LogP) is 15.9. The summed E-state index contributed by atoms with van der Waals surface area (Å²) in [6, 6.07) is 82.0. The van der Waals surface area contributed by atoms with E-state index in [1.54, 1.807) is 0 Å². The number of benzene rings is 11. The first kappa shape index (κ1) is 32.9. The normalized spacial score (nSPS) is 11.5. The zero-order chi connectivity index (χ0) is 37.7. The summed E-state index contributed by atoms with van der Waals surface area (Å²) in [7, 11) is 0. The van der Waals surface area contributed by atoms with Crippen molar-refractivity contribution >= 4 is 70.9 Å². The molecule has 0 aliphatic carbocycles. The van der Waals surface area contributed by atoms with Crippen LogP contribution in [0.4, 0.5) is 17.1 Å². The van der Waals surface area contributed by atoms with Crippen LogP contribution in [0.3, 0.4) is 0 Å². The first-order chi connectivity index (χ1) is 28.2. The molecule has 266 valence electrons. The van der Waals surface area contributed by atoms with Crippen molar-refractivity contribution in [1.29, 1.82) is 0 Å². The molecule has 0 saturated heterocycles. The van der Waals surface area contributed by atoms with Crippen molar-refractivity contribution in [1.82, 2.24) is 0 Å². The molecule has 1 nitrogen and oxygen atoms in total. The number of anilines is 3. The van der Waals surface area contributed by atoms with Crippen LogP contribution in [0.25, 0.3) is 87.2 Å². The minimum Gasteiger partial charge on any atom is -0.310 e. The maximum absolute atomic E-state index is 2.37. The monoisotopic (exact) mass is 723 g/mol. The SMILES string of the molecule is c1ccc(-c2cccc(N(c3ccc(-c4ccc5ccc6c7ccccc7ccc6c5c4)cc3)c3ccc(-c4cc5ccccc5c5ccccc45)cc3)c2)cc1. The molecular formula is C56H37N. The molecule has 11 aromatic carbocycles. The second-order valence-electron chi connectivity index (χ2n) is 14.9. The molecule has 0 aliphatic heterocycles. The second kappa shape index (κ2) is 13.7. The van der Waals surface area contributed by atoms with Gasteiger partial charge < -0.3 is 4.90 Å². The first-order valence-corrected chi connectivity index (χ1v) is 19.7. The lowest BCUT2D eigenvalue weighted by Gasteiger charge is -2.26. The van der Waals surface area contributed by atoms with Crippen molar-refractivity contribution in [3.05, 3.63) is 224 Å². The van der Waals surface area contributed by atoms with Gasteiger partial charge in [-0.2, -0.15) is 0 Å². The molecule has 0 heterocycles. The fourth-order valence-electron chi connectivity index (χ4n) is 8.79. The van der Waals surface area contributed by atoms with Gasteiger partial charge in [-0.05, 0) is 136 Å². The largest absolute Gasteiger partial charge is 0.310 e. The lowest BCUT2D eigenvalue weighted by molar-refractivity contribution is 1.28. The van der Waals surface area contributed by atoms with Gasteiger partial charge in [0.1, 0.15) is 0 Å². The molecule has 0 N–H and O–H groups in total. The fraction of sp³-hybridized carbons (Fsp3) is 0. The second-order valence-corrected chi connectivity index (χ2v) is 14.9. The minimum atomic E-state index is 1.10. The van der Waals surface area contributed by atoms with Gasteiger partial charge in [0.25, 0.3) is 0 Å². The smallest absolute Gasteiger partial charge is 0.0467 e. The molecule has 0 aromatic heterocycles. The highest BCUT2D eigenvalue weighted by molar-refractivity contribution is 6.18. The number of hydrogen-bond donors (Lipinski definition) is 0. The van der Waals surface area contributed by atoms with E-state index < -0.39 is 0 Å². The van der Waals surface area contributed by atoms with Crippen LogP contribution >= 0.6 is 0 Å². The lowest BCUT2D eigenvalue weighted by atomic mass is 9.93. The number of nitrogens with zero attached hydrogens (tertiary/aromatic N) is 1. The van der Waals surface area contributed by atoms with Crippen LogP contribution in [-0.2, 0) is 0 Å². The zero-order valence-electron chi connectivity index (χ0n) is 31.3. The van der Waals surface area contributed by atoms with Crippen LogP contribution in [0, 0.1) is 0 Å². The molecule has 0 unspecified atom stereocenters. The average molecular weight is 724 g/mol. The molecule has 0 bridgehead atoms. The maximum Gasteiger partial charge on any atom is 0.0467 e. The molecule has 0 radical (unpaired) electrons. The van der Waals surface area contributed by atoms with Gasteiger partial charge in [0.2, 0.25) is 0 Å². The van der Waals surface area contributed by atoms with E-state index in [1.807, 2.05) is 0 Å². The van der Waals surface area contributed by atoms with Crippen LogP contribution in [0.1, 0.15) is 0 Å². The van der Waals surface area contributed by atoms with Gasteiger partial charge in [-0.25, -0.2) is 0 Å². The average Bonchev–Trinajstić information content (AvgIpc) is 3.29. The molecule has 0 amide bonds. The summed E-state index contributed by atoms with van der Waals surface area (Å²) in [6.45, 7) is 0. The Balaban J connectivity index is 1.01. The Morgan fingerprint density at radius 2 is 0.684 bits per heavy atom. The number of rotatable bonds is 6. The van der Waals surface area contributed by atoms with Crippen molar-refractivity contribution in [2.75, 3.05) is 4.90 Å². The quantitative estimate of drug-likeness (QED) is 0.154. The predicted molar refractivity (Wildman–Crippen MR) is 245 cm³/mol. The molecule has 0 saturated carbocycles. The number of fused-ring (bicyclic) bond motifs is 8. The van der Waals surface area contributed by atoms with E-state index in [-0.39, 0.29) is 0 Å². The van der Waals surface area contributed by atoms with Gasteiger partial charge in [0, 0.05) is 17.1 Å². The van der Waals surface area contributed by atoms with Crippen molar-refractivity contribution in [3.63, 3.8) is 0 Å². The third kappa shape index (κ3) is 5.80. The van der Waals surface area contributed by atoms with Crippen molar-refractivity contribution < 1.29 is 0 Å². The van der Waals surface area contributed by atoms with Crippen LogP contribution in [-0.4, -0.2) is 0 Å². The third-order valence-corrected chi connectivity index (χ3v) is 11.6. The van der Waals surface area contributed by atoms with E-state index >= 15 is 0 Å². The molecule has 11 rings (SSSR count). The van der Waals surface area contributed by atoms with Crippen LogP contribution in [0.15, 0.2) is 224 Å². The van der Waals surface area contributed by atoms with Gasteiger partial charge >= 0.3 is 0 Å². The van der Waals surface area contributed by atoms with Crippen molar-refractivity contribution in [2.24, 2.45) is 0 Å². The maximum atomic E-state index is 2.37. The van der Waals surface area contributed by atoms with Crippen molar-refractivity contribution in [3.8, 4) is 33.4 Å². The molecule has 57 heavy (non-hydrogen) atoms. The van der Waals surface area contributed by atoms with E-state index in [0.717, 1.165) is 17.1 Å². The fourth-order valence-corrected chi connectivity index (χ4v) is 8.79. The molecule has 0 atom stereocenters. The van der Waals surface area contributed by atoms with E-state index in [2.05, 4.69) is 229 Å². The molecule has 1 heteroatoms. The Bertz CT molecular complexity index is 3270. The van der Waals surface area contributed by atoms with Gasteiger partial charge in [-0.15, -0.1) is 0 Å². The third-order valence-electron chi connectivity index (χ3n) is 11.6. The van der Waals surface area contributed by atoms with E-state index in [4.69, 9.17) is 0 Å². The Morgan fingerprint density at radius 1 is 0.211 bits per heavy atom. The summed E-state index contributed by atoms with van der Waals surface area (Å²) in [4.78, 5) is 2.37. The topological polar surface area (TPSA) is 3.24 Å². The molecule has 11 aromatic rings. The van der Waals surface area contributed by atoms with E-state index in [9.17, 15) is 0 Å². The van der Waals surface area contributed by atoms with E-state index in [0.29, 0.717) is 0 Å². The highest BCUT2D eigenvalue weighted by atomic mass is 15.1. The summed E-state index contributed by atoms with van der Waals surface area (Å²) in [5, 5.41) is 12.8. The Labute approximate surface area is 332 Å². The van der Waals surface area contributed by atoms with Gasteiger partial charge in [-0.1, -0.05) is 176 Å². The van der Waals surface area contributed by atoms with E-state index in [1.165, 1.54) is 87.2 Å². The number of hydrogen-bond acceptors (Lipinski definition) is 1. The zero-order valence-corrected chi connectivity index (χ0v) is 31.3. The van der Waals surface area contributed by atoms with Crippen LogP contribution < -0.4 is 4.90 Å². The van der Waals surface area contributed by atoms with Gasteiger partial charge in [-0.3, -0.25) is 0 Å². The Morgan fingerprint density at radius 3 is 1.42 bits per heavy atom. The molecule has 0 aliphatic rings. The van der Waals surface area contributed by atoms with Crippen molar-refractivity contribution in [2.45, 2.75) is 0 Å². The molecule has 0 fully saturated rings.